The number of benzene rings is 1. The van der Waals surface area contributed by atoms with Gasteiger partial charge in [-0.15, -0.1) is 0 Å². The van der Waals surface area contributed by atoms with E-state index in [9.17, 15) is 0 Å². The molecule has 0 bridgehead atoms. The first-order valence-electron chi connectivity index (χ1n) is 6.98. The van der Waals surface area contributed by atoms with Gasteiger partial charge in [-0.2, -0.15) is 0 Å². The lowest BCUT2D eigenvalue weighted by molar-refractivity contribution is 0.198. The quantitative estimate of drug-likeness (QED) is 0.879. The summed E-state index contributed by atoms with van der Waals surface area (Å²) in [6, 6.07) is 6.29. The third-order valence-electron chi connectivity index (χ3n) is 3.50. The normalized spacial score (nSPS) is 17.9. The lowest BCUT2D eigenvalue weighted by Gasteiger charge is -2.33. The van der Waals surface area contributed by atoms with Crippen LogP contribution in [0.25, 0.3) is 0 Å². The van der Waals surface area contributed by atoms with Crippen molar-refractivity contribution in [2.75, 3.05) is 25.0 Å². The molecule has 106 valence electrons. The fourth-order valence-corrected chi connectivity index (χ4v) is 2.90. The molecule has 0 aliphatic carbocycles. The van der Waals surface area contributed by atoms with Gasteiger partial charge in [-0.05, 0) is 37.0 Å². The van der Waals surface area contributed by atoms with Crippen LogP contribution in [0.15, 0.2) is 18.2 Å². The maximum absolute atomic E-state index is 6.03. The minimum absolute atomic E-state index is 0.542. The molecule has 1 aliphatic heterocycles. The van der Waals surface area contributed by atoms with E-state index in [1.165, 1.54) is 32.5 Å². The first kappa shape index (κ1) is 15.0. The van der Waals surface area contributed by atoms with E-state index in [0.29, 0.717) is 16.1 Å². The molecule has 0 amide bonds. The first-order valence-corrected chi connectivity index (χ1v) is 7.74. The zero-order valence-corrected chi connectivity index (χ0v) is 13.1. The predicted octanol–water partition coefficient (Wildman–Crippen LogP) is 4.53. The Balaban J connectivity index is 1.83. The molecular formula is C15H22Cl2N2. The van der Waals surface area contributed by atoms with E-state index in [4.69, 9.17) is 23.2 Å². The Hall–Kier alpha value is -0.440. The zero-order chi connectivity index (χ0) is 13.8. The number of likely N-dealkylation sites (tertiary alicyclic amines) is 1. The summed E-state index contributed by atoms with van der Waals surface area (Å²) in [6.07, 6.45) is 2.37. The Morgan fingerprint density at radius 2 is 1.89 bits per heavy atom. The van der Waals surface area contributed by atoms with Crippen molar-refractivity contribution in [2.24, 2.45) is 5.92 Å². The van der Waals surface area contributed by atoms with Crippen molar-refractivity contribution < 1.29 is 0 Å². The van der Waals surface area contributed by atoms with Gasteiger partial charge < -0.3 is 10.2 Å². The number of hydrogen-bond donors (Lipinski definition) is 1. The highest BCUT2D eigenvalue weighted by molar-refractivity contribution is 6.42. The average molecular weight is 301 g/mol. The third-order valence-corrected chi connectivity index (χ3v) is 4.24. The Kier molecular flexibility index (Phi) is 5.37. The summed E-state index contributed by atoms with van der Waals surface area (Å²) in [5.74, 6) is 0.750. The van der Waals surface area contributed by atoms with Crippen LogP contribution in [0.4, 0.5) is 5.69 Å². The maximum atomic E-state index is 6.03. The lowest BCUT2D eigenvalue weighted by Crippen LogP contribution is -2.40. The first-order chi connectivity index (χ1) is 9.04. The maximum Gasteiger partial charge on any atom is 0.0612 e. The van der Waals surface area contributed by atoms with Crippen LogP contribution in [0.1, 0.15) is 26.7 Å². The summed E-state index contributed by atoms with van der Waals surface area (Å²) >= 11 is 12.0. The molecule has 2 rings (SSSR count). The number of anilines is 1. The van der Waals surface area contributed by atoms with Crippen LogP contribution < -0.4 is 5.32 Å². The van der Waals surface area contributed by atoms with Crippen molar-refractivity contribution in [1.82, 2.24) is 4.90 Å². The van der Waals surface area contributed by atoms with Gasteiger partial charge >= 0.3 is 0 Å². The number of nitrogens with zero attached hydrogens (tertiary/aromatic N) is 1. The van der Waals surface area contributed by atoms with E-state index in [1.807, 2.05) is 18.2 Å². The van der Waals surface area contributed by atoms with Crippen LogP contribution >= 0.6 is 23.2 Å². The van der Waals surface area contributed by atoms with Gasteiger partial charge in [0.15, 0.2) is 0 Å². The number of hydrogen-bond acceptors (Lipinski definition) is 2. The molecule has 0 atom stereocenters. The summed E-state index contributed by atoms with van der Waals surface area (Å²) in [6.45, 7) is 8.12. The summed E-state index contributed by atoms with van der Waals surface area (Å²) in [7, 11) is 0. The van der Waals surface area contributed by atoms with Crippen molar-refractivity contribution >= 4 is 28.9 Å². The number of halogens is 2. The molecule has 1 aliphatic rings. The molecule has 0 aromatic heterocycles. The van der Waals surface area contributed by atoms with E-state index in [2.05, 4.69) is 24.1 Å². The van der Waals surface area contributed by atoms with Crippen molar-refractivity contribution in [3.63, 3.8) is 0 Å². The van der Waals surface area contributed by atoms with Crippen LogP contribution in [0.3, 0.4) is 0 Å². The third kappa shape index (κ3) is 4.55. The Morgan fingerprint density at radius 3 is 2.47 bits per heavy atom. The number of rotatable bonds is 4. The van der Waals surface area contributed by atoms with Crippen molar-refractivity contribution in [2.45, 2.75) is 32.7 Å². The standard InChI is InChI=1S/C15H22Cl2N2/c1-11(2)10-19-7-5-12(6-8-19)18-13-3-4-14(16)15(17)9-13/h3-4,9,11-12,18H,5-8,10H2,1-2H3. The van der Waals surface area contributed by atoms with E-state index in [-0.39, 0.29) is 0 Å². The van der Waals surface area contributed by atoms with Gasteiger partial charge in [-0.1, -0.05) is 37.0 Å². The fraction of sp³-hybridized carbons (Fsp3) is 0.600. The van der Waals surface area contributed by atoms with E-state index in [0.717, 1.165) is 11.6 Å². The van der Waals surface area contributed by atoms with E-state index >= 15 is 0 Å². The van der Waals surface area contributed by atoms with Crippen LogP contribution in [-0.4, -0.2) is 30.6 Å². The summed E-state index contributed by atoms with van der Waals surface area (Å²) in [5.41, 5.74) is 1.07. The second-order valence-electron chi connectivity index (χ2n) is 5.74. The largest absolute Gasteiger partial charge is 0.382 e. The Bertz CT molecular complexity index is 413. The Morgan fingerprint density at radius 1 is 1.21 bits per heavy atom. The minimum atomic E-state index is 0.542. The molecule has 1 N–H and O–H groups in total. The molecule has 1 aromatic rings. The van der Waals surface area contributed by atoms with E-state index < -0.39 is 0 Å². The number of nitrogens with one attached hydrogen (secondary N) is 1. The monoisotopic (exact) mass is 300 g/mol. The van der Waals surface area contributed by atoms with Crippen LogP contribution in [0.2, 0.25) is 10.0 Å². The molecule has 0 unspecified atom stereocenters. The lowest BCUT2D eigenvalue weighted by atomic mass is 10.0. The van der Waals surface area contributed by atoms with Crippen LogP contribution in [0.5, 0.6) is 0 Å². The van der Waals surface area contributed by atoms with Crippen LogP contribution in [-0.2, 0) is 0 Å². The summed E-state index contributed by atoms with van der Waals surface area (Å²) < 4.78 is 0. The molecule has 19 heavy (non-hydrogen) atoms. The number of piperidine rings is 1. The van der Waals surface area contributed by atoms with Gasteiger partial charge in [0.05, 0.1) is 10.0 Å². The molecule has 1 aromatic carbocycles. The van der Waals surface area contributed by atoms with Gasteiger partial charge in [0.2, 0.25) is 0 Å². The highest BCUT2D eigenvalue weighted by atomic mass is 35.5. The highest BCUT2D eigenvalue weighted by Crippen LogP contribution is 2.26. The fourth-order valence-electron chi connectivity index (χ4n) is 2.60. The van der Waals surface area contributed by atoms with Gasteiger partial charge in [0, 0.05) is 31.4 Å². The van der Waals surface area contributed by atoms with E-state index in [1.54, 1.807) is 0 Å². The van der Waals surface area contributed by atoms with Gasteiger partial charge in [0.25, 0.3) is 0 Å². The molecule has 4 heteroatoms. The van der Waals surface area contributed by atoms with Crippen molar-refractivity contribution in [3.8, 4) is 0 Å². The molecule has 2 nitrogen and oxygen atoms in total. The predicted molar refractivity (Wildman–Crippen MR) is 84.4 cm³/mol. The summed E-state index contributed by atoms with van der Waals surface area (Å²) in [4.78, 5) is 2.55. The van der Waals surface area contributed by atoms with Crippen LogP contribution in [0, 0.1) is 5.92 Å². The molecular weight excluding hydrogens is 279 g/mol. The second kappa shape index (κ2) is 6.83. The molecule has 0 saturated carbocycles. The van der Waals surface area contributed by atoms with Crippen molar-refractivity contribution in [1.29, 1.82) is 0 Å². The second-order valence-corrected chi connectivity index (χ2v) is 6.56. The topological polar surface area (TPSA) is 15.3 Å². The molecule has 1 fully saturated rings. The summed E-state index contributed by atoms with van der Waals surface area (Å²) in [5, 5.41) is 4.78. The highest BCUT2D eigenvalue weighted by Gasteiger charge is 2.19. The smallest absolute Gasteiger partial charge is 0.0612 e. The van der Waals surface area contributed by atoms with Gasteiger partial charge in [0.1, 0.15) is 0 Å². The molecule has 1 heterocycles. The SMILES string of the molecule is CC(C)CN1CCC(Nc2ccc(Cl)c(Cl)c2)CC1. The van der Waals surface area contributed by atoms with Gasteiger partial charge in [-0.3, -0.25) is 0 Å². The van der Waals surface area contributed by atoms with Crippen molar-refractivity contribution in [3.05, 3.63) is 28.2 Å². The Labute approximate surface area is 126 Å². The minimum Gasteiger partial charge on any atom is -0.382 e. The molecule has 0 spiro atoms. The molecule has 1 saturated heterocycles. The van der Waals surface area contributed by atoms with Gasteiger partial charge in [-0.25, -0.2) is 0 Å². The zero-order valence-electron chi connectivity index (χ0n) is 11.6. The average Bonchev–Trinajstić information content (AvgIpc) is 2.36. The molecule has 0 radical (unpaired) electrons.